The molecule has 0 aliphatic rings. The number of aromatic nitrogens is 1. The molecule has 23 heavy (non-hydrogen) atoms. The minimum Gasteiger partial charge on any atom is -0.496 e. The van der Waals surface area contributed by atoms with Crippen molar-refractivity contribution in [1.82, 2.24) is 10.3 Å². The standard InChI is InChI=1S/C18H24N2O2S/c1-5-17-20-13(11-23-17)10-16(21)19-12-18(2,3)14-8-6-7-9-15(14)22-4/h6-9,11H,5,10,12H2,1-4H3,(H,19,21). The van der Waals surface area contributed by atoms with Crippen molar-refractivity contribution in [1.29, 1.82) is 0 Å². The van der Waals surface area contributed by atoms with E-state index < -0.39 is 0 Å². The number of carbonyl (C=O) groups is 1. The molecule has 0 atom stereocenters. The van der Waals surface area contributed by atoms with Gasteiger partial charge in [-0.2, -0.15) is 0 Å². The molecule has 1 aromatic heterocycles. The number of hydrogen-bond donors (Lipinski definition) is 1. The van der Waals surface area contributed by atoms with Crippen LogP contribution in [0, 0.1) is 0 Å². The van der Waals surface area contributed by atoms with Crippen LogP contribution in [0.5, 0.6) is 5.75 Å². The number of nitrogens with one attached hydrogen (secondary N) is 1. The van der Waals surface area contributed by atoms with E-state index in [0.29, 0.717) is 13.0 Å². The second kappa shape index (κ2) is 7.59. The van der Waals surface area contributed by atoms with Crippen molar-refractivity contribution in [2.45, 2.75) is 39.0 Å². The van der Waals surface area contributed by atoms with Gasteiger partial charge in [0.05, 0.1) is 24.2 Å². The van der Waals surface area contributed by atoms with Crippen LogP contribution in [0.1, 0.15) is 37.0 Å². The topological polar surface area (TPSA) is 51.2 Å². The van der Waals surface area contributed by atoms with Crippen LogP contribution in [0.4, 0.5) is 0 Å². The Morgan fingerprint density at radius 3 is 2.74 bits per heavy atom. The van der Waals surface area contributed by atoms with Crippen molar-refractivity contribution in [3.8, 4) is 5.75 Å². The first-order chi connectivity index (χ1) is 11.0. The van der Waals surface area contributed by atoms with Gasteiger partial charge in [-0.15, -0.1) is 11.3 Å². The quantitative estimate of drug-likeness (QED) is 0.846. The Morgan fingerprint density at radius 2 is 2.09 bits per heavy atom. The number of amides is 1. The average molecular weight is 332 g/mol. The highest BCUT2D eigenvalue weighted by Gasteiger charge is 2.25. The van der Waals surface area contributed by atoms with Crippen LogP contribution in [0.2, 0.25) is 0 Å². The Labute approximate surface area is 141 Å². The maximum Gasteiger partial charge on any atom is 0.226 e. The molecule has 0 fully saturated rings. The normalized spacial score (nSPS) is 11.3. The van der Waals surface area contributed by atoms with Crippen molar-refractivity contribution in [3.63, 3.8) is 0 Å². The lowest BCUT2D eigenvalue weighted by Gasteiger charge is -2.27. The van der Waals surface area contributed by atoms with Gasteiger partial charge in [-0.1, -0.05) is 39.0 Å². The van der Waals surface area contributed by atoms with Gasteiger partial charge in [0.2, 0.25) is 5.91 Å². The fourth-order valence-corrected chi connectivity index (χ4v) is 3.18. The smallest absolute Gasteiger partial charge is 0.226 e. The van der Waals surface area contributed by atoms with Crippen LogP contribution in [0.3, 0.4) is 0 Å². The third-order valence-corrected chi connectivity index (χ3v) is 4.85. The predicted molar refractivity (Wildman–Crippen MR) is 94.2 cm³/mol. The zero-order valence-corrected chi connectivity index (χ0v) is 15.0. The van der Waals surface area contributed by atoms with Crippen molar-refractivity contribution in [3.05, 3.63) is 45.9 Å². The summed E-state index contributed by atoms with van der Waals surface area (Å²) in [6.07, 6.45) is 1.24. The molecule has 0 saturated heterocycles. The third-order valence-electron chi connectivity index (χ3n) is 3.81. The summed E-state index contributed by atoms with van der Waals surface area (Å²) in [5.41, 5.74) is 1.73. The molecule has 2 rings (SSSR count). The largest absolute Gasteiger partial charge is 0.496 e. The fraction of sp³-hybridized carbons (Fsp3) is 0.444. The van der Waals surface area contributed by atoms with E-state index in [1.807, 2.05) is 29.6 Å². The number of para-hydroxylation sites is 1. The van der Waals surface area contributed by atoms with Crippen LogP contribution in [-0.2, 0) is 23.1 Å². The van der Waals surface area contributed by atoms with Crippen LogP contribution in [0.15, 0.2) is 29.6 Å². The summed E-state index contributed by atoms with van der Waals surface area (Å²) >= 11 is 1.61. The summed E-state index contributed by atoms with van der Waals surface area (Å²) in [7, 11) is 1.67. The Hall–Kier alpha value is -1.88. The molecule has 0 radical (unpaired) electrons. The van der Waals surface area contributed by atoms with Gasteiger partial charge in [-0.25, -0.2) is 4.98 Å². The minimum atomic E-state index is -0.209. The minimum absolute atomic E-state index is 0.000857. The molecule has 0 spiro atoms. The maximum absolute atomic E-state index is 12.2. The van der Waals surface area contributed by atoms with Gasteiger partial charge >= 0.3 is 0 Å². The molecule has 1 amide bonds. The lowest BCUT2D eigenvalue weighted by atomic mass is 9.84. The van der Waals surface area contributed by atoms with Crippen LogP contribution < -0.4 is 10.1 Å². The lowest BCUT2D eigenvalue weighted by Crippen LogP contribution is -2.37. The van der Waals surface area contributed by atoms with E-state index in [4.69, 9.17) is 4.74 Å². The molecule has 1 aromatic carbocycles. The highest BCUT2D eigenvalue weighted by molar-refractivity contribution is 7.09. The Kier molecular flexibility index (Phi) is 5.77. The molecule has 0 aliphatic heterocycles. The Bertz CT molecular complexity index is 665. The molecule has 0 unspecified atom stereocenters. The molecule has 5 heteroatoms. The zero-order chi connectivity index (χ0) is 16.9. The van der Waals surface area contributed by atoms with E-state index in [1.165, 1.54) is 0 Å². The van der Waals surface area contributed by atoms with E-state index in [2.05, 4.69) is 31.1 Å². The highest BCUT2D eigenvalue weighted by atomic mass is 32.1. The zero-order valence-electron chi connectivity index (χ0n) is 14.2. The van der Waals surface area contributed by atoms with Crippen molar-refractivity contribution in [2.24, 2.45) is 0 Å². The summed E-state index contributed by atoms with van der Waals surface area (Å²) < 4.78 is 5.43. The second-order valence-electron chi connectivity index (χ2n) is 6.12. The monoisotopic (exact) mass is 332 g/mol. The molecular formula is C18H24N2O2S. The molecule has 0 aliphatic carbocycles. The summed E-state index contributed by atoms with van der Waals surface area (Å²) in [5.74, 6) is 0.847. The molecule has 1 N–H and O–H groups in total. The lowest BCUT2D eigenvalue weighted by molar-refractivity contribution is -0.120. The number of nitrogens with zero attached hydrogens (tertiary/aromatic N) is 1. The average Bonchev–Trinajstić information content (AvgIpc) is 3.00. The number of methoxy groups -OCH3 is 1. The predicted octanol–water partition coefficient (Wildman–Crippen LogP) is 3.35. The summed E-state index contributed by atoms with van der Waals surface area (Å²) in [4.78, 5) is 16.6. The number of benzene rings is 1. The van der Waals surface area contributed by atoms with Gasteiger partial charge in [0, 0.05) is 22.9 Å². The van der Waals surface area contributed by atoms with Crippen LogP contribution in [0.25, 0.3) is 0 Å². The number of carbonyl (C=O) groups excluding carboxylic acids is 1. The van der Waals surface area contributed by atoms with Gasteiger partial charge in [0.1, 0.15) is 5.75 Å². The third kappa shape index (κ3) is 4.55. The van der Waals surface area contributed by atoms with E-state index >= 15 is 0 Å². The Morgan fingerprint density at radius 1 is 1.35 bits per heavy atom. The summed E-state index contributed by atoms with van der Waals surface area (Å²) in [6.45, 7) is 6.82. The molecule has 0 saturated carbocycles. The number of aryl methyl sites for hydroxylation is 1. The van der Waals surface area contributed by atoms with Gasteiger partial charge in [0.15, 0.2) is 0 Å². The fourth-order valence-electron chi connectivity index (χ4n) is 2.44. The molecule has 4 nitrogen and oxygen atoms in total. The van der Waals surface area contributed by atoms with Crippen LogP contribution >= 0.6 is 11.3 Å². The molecule has 1 heterocycles. The molecule has 0 bridgehead atoms. The van der Waals surface area contributed by atoms with Crippen molar-refractivity contribution >= 4 is 17.2 Å². The maximum atomic E-state index is 12.2. The first-order valence-corrected chi connectivity index (χ1v) is 8.67. The van der Waals surface area contributed by atoms with Crippen molar-refractivity contribution in [2.75, 3.05) is 13.7 Å². The van der Waals surface area contributed by atoms with Gasteiger partial charge < -0.3 is 10.1 Å². The number of ether oxygens (including phenoxy) is 1. The first kappa shape index (κ1) is 17.5. The SMILES string of the molecule is CCc1nc(CC(=O)NCC(C)(C)c2ccccc2OC)cs1. The number of rotatable bonds is 7. The number of thiazole rings is 1. The van der Waals surface area contributed by atoms with E-state index in [9.17, 15) is 4.79 Å². The van der Waals surface area contributed by atoms with Gasteiger partial charge in [0.25, 0.3) is 0 Å². The highest BCUT2D eigenvalue weighted by Crippen LogP contribution is 2.30. The van der Waals surface area contributed by atoms with E-state index in [-0.39, 0.29) is 11.3 Å². The van der Waals surface area contributed by atoms with E-state index in [0.717, 1.165) is 28.4 Å². The van der Waals surface area contributed by atoms with Gasteiger partial charge in [-0.05, 0) is 12.5 Å². The van der Waals surface area contributed by atoms with Gasteiger partial charge in [-0.3, -0.25) is 4.79 Å². The molecular weight excluding hydrogens is 308 g/mol. The summed E-state index contributed by atoms with van der Waals surface area (Å²) in [6, 6.07) is 7.92. The first-order valence-electron chi connectivity index (χ1n) is 7.79. The van der Waals surface area contributed by atoms with E-state index in [1.54, 1.807) is 18.4 Å². The Balaban J connectivity index is 1.96. The van der Waals surface area contributed by atoms with Crippen molar-refractivity contribution < 1.29 is 9.53 Å². The number of hydrogen-bond acceptors (Lipinski definition) is 4. The second-order valence-corrected chi connectivity index (χ2v) is 7.07. The summed E-state index contributed by atoms with van der Waals surface area (Å²) in [5, 5.41) is 6.05. The molecule has 2 aromatic rings. The van der Waals surface area contributed by atoms with Crippen LogP contribution in [-0.4, -0.2) is 24.5 Å². The molecule has 124 valence electrons.